The first-order chi connectivity index (χ1) is 12.3. The molecule has 0 amide bonds. The maximum absolute atomic E-state index is 2.28. The molecule has 0 aliphatic carbocycles. The van der Waals surface area contributed by atoms with E-state index in [0.29, 0.717) is 0 Å². The van der Waals surface area contributed by atoms with Gasteiger partial charge in [-0.05, 0) is 52.9 Å². The van der Waals surface area contributed by atoms with Gasteiger partial charge in [-0.3, -0.25) is 0 Å². The second kappa shape index (κ2) is 5.44. The molecule has 5 aromatic rings. The van der Waals surface area contributed by atoms with Gasteiger partial charge < -0.3 is 0 Å². The molecule has 0 atom stereocenters. The highest BCUT2D eigenvalue weighted by Crippen LogP contribution is 2.45. The van der Waals surface area contributed by atoms with E-state index in [-0.39, 0.29) is 0 Å². The zero-order chi connectivity index (χ0) is 17.0. The number of fused-ring (bicyclic) bond motifs is 5. The zero-order valence-corrected chi connectivity index (χ0v) is 15.2. The van der Waals surface area contributed by atoms with Crippen LogP contribution in [0.3, 0.4) is 0 Å². The lowest BCUT2D eigenvalue weighted by molar-refractivity contribution is 1.45. The first-order valence-corrected chi connectivity index (χ1v) is 9.46. The average molecular weight is 338 g/mol. The van der Waals surface area contributed by atoms with Crippen LogP contribution < -0.4 is 0 Å². The lowest BCUT2D eigenvalue weighted by Gasteiger charge is -2.15. The van der Waals surface area contributed by atoms with Crippen molar-refractivity contribution < 1.29 is 0 Å². The van der Waals surface area contributed by atoms with Gasteiger partial charge in [0.1, 0.15) is 0 Å². The van der Waals surface area contributed by atoms with Gasteiger partial charge in [0.2, 0.25) is 0 Å². The molecule has 25 heavy (non-hydrogen) atoms. The third-order valence-electron chi connectivity index (χ3n) is 5.19. The van der Waals surface area contributed by atoms with E-state index in [1.165, 1.54) is 53.2 Å². The molecule has 1 heteroatoms. The second-order valence-electron chi connectivity index (χ2n) is 6.66. The van der Waals surface area contributed by atoms with Crippen molar-refractivity contribution in [3.05, 3.63) is 83.9 Å². The van der Waals surface area contributed by atoms with Crippen molar-refractivity contribution in [2.75, 3.05) is 0 Å². The molecule has 120 valence electrons. The minimum atomic E-state index is 1.33. The molecule has 0 saturated heterocycles. The van der Waals surface area contributed by atoms with Gasteiger partial charge in [0.05, 0.1) is 0 Å². The number of hydrogen-bond donors (Lipinski definition) is 0. The maximum Gasteiger partial charge on any atom is 0.0397 e. The van der Waals surface area contributed by atoms with E-state index in [1.54, 1.807) is 0 Å². The van der Waals surface area contributed by atoms with Crippen LogP contribution in [0.5, 0.6) is 0 Å². The third-order valence-corrected chi connectivity index (χ3v) is 6.48. The average Bonchev–Trinajstić information content (AvgIpc) is 3.04. The first kappa shape index (κ1) is 14.7. The summed E-state index contributed by atoms with van der Waals surface area (Å²) in [5.74, 6) is 0. The highest BCUT2D eigenvalue weighted by atomic mass is 32.1. The van der Waals surface area contributed by atoms with E-state index in [2.05, 4.69) is 86.6 Å². The minimum absolute atomic E-state index is 1.33. The summed E-state index contributed by atoms with van der Waals surface area (Å²) in [6, 6.07) is 26.4. The monoisotopic (exact) mass is 338 g/mol. The summed E-state index contributed by atoms with van der Waals surface area (Å²) in [5, 5.41) is 5.49. The highest BCUT2D eigenvalue weighted by molar-refractivity contribution is 7.26. The summed E-state index contributed by atoms with van der Waals surface area (Å²) in [6.45, 7) is 4.49. The molecule has 1 heterocycles. The highest BCUT2D eigenvalue weighted by Gasteiger charge is 2.17. The zero-order valence-electron chi connectivity index (χ0n) is 14.3. The summed E-state index contributed by atoms with van der Waals surface area (Å²) in [6.07, 6.45) is 0. The standard InChI is InChI=1S/C24H18S/c1-15-9-3-4-10-17(15)22-16(2)24-23(19-12-6-5-11-18(19)22)20-13-7-8-14-21(20)25-24/h3-14H,1-2H3. The molecule has 0 radical (unpaired) electrons. The Bertz CT molecular complexity index is 1260. The van der Waals surface area contributed by atoms with Crippen LogP contribution in [0.15, 0.2) is 72.8 Å². The van der Waals surface area contributed by atoms with Crippen LogP contribution in [0, 0.1) is 13.8 Å². The van der Waals surface area contributed by atoms with Gasteiger partial charge in [-0.15, -0.1) is 11.3 Å². The minimum Gasteiger partial charge on any atom is -0.135 e. The maximum atomic E-state index is 2.28. The van der Waals surface area contributed by atoms with E-state index < -0.39 is 0 Å². The Balaban J connectivity index is 2.07. The fourth-order valence-electron chi connectivity index (χ4n) is 4.01. The van der Waals surface area contributed by atoms with Crippen LogP contribution >= 0.6 is 11.3 Å². The molecule has 0 saturated carbocycles. The van der Waals surface area contributed by atoms with Gasteiger partial charge in [-0.25, -0.2) is 0 Å². The van der Waals surface area contributed by atoms with Gasteiger partial charge in [-0.2, -0.15) is 0 Å². The van der Waals surface area contributed by atoms with Crippen molar-refractivity contribution in [1.82, 2.24) is 0 Å². The Morgan fingerprint density at radius 3 is 2.08 bits per heavy atom. The molecule has 4 aromatic carbocycles. The van der Waals surface area contributed by atoms with Gasteiger partial charge in [-0.1, -0.05) is 66.7 Å². The van der Waals surface area contributed by atoms with Crippen LogP contribution in [0.1, 0.15) is 11.1 Å². The molecule has 0 fully saturated rings. The molecule has 0 bridgehead atoms. The van der Waals surface area contributed by atoms with Gasteiger partial charge in [0.25, 0.3) is 0 Å². The number of thiophene rings is 1. The topological polar surface area (TPSA) is 0 Å². The summed E-state index contributed by atoms with van der Waals surface area (Å²) in [4.78, 5) is 0. The van der Waals surface area contributed by atoms with Crippen molar-refractivity contribution in [2.45, 2.75) is 13.8 Å². The fourth-order valence-corrected chi connectivity index (χ4v) is 5.24. The van der Waals surface area contributed by atoms with Crippen molar-refractivity contribution in [2.24, 2.45) is 0 Å². The van der Waals surface area contributed by atoms with Crippen LogP contribution in [-0.2, 0) is 0 Å². The quantitative estimate of drug-likeness (QED) is 0.297. The number of benzene rings is 4. The number of rotatable bonds is 1. The van der Waals surface area contributed by atoms with Crippen LogP contribution in [-0.4, -0.2) is 0 Å². The van der Waals surface area contributed by atoms with E-state index in [9.17, 15) is 0 Å². The molecule has 0 unspecified atom stereocenters. The van der Waals surface area contributed by atoms with Crippen molar-refractivity contribution >= 4 is 42.3 Å². The van der Waals surface area contributed by atoms with Gasteiger partial charge in [0, 0.05) is 20.2 Å². The van der Waals surface area contributed by atoms with Crippen LogP contribution in [0.4, 0.5) is 0 Å². The Labute approximate surface area is 151 Å². The summed E-state index contributed by atoms with van der Waals surface area (Å²) < 4.78 is 2.78. The van der Waals surface area contributed by atoms with Gasteiger partial charge in [0.15, 0.2) is 0 Å². The fraction of sp³-hybridized carbons (Fsp3) is 0.0833. The summed E-state index contributed by atoms with van der Waals surface area (Å²) in [5.41, 5.74) is 5.45. The smallest absolute Gasteiger partial charge is 0.0397 e. The van der Waals surface area contributed by atoms with Crippen LogP contribution in [0.25, 0.3) is 42.1 Å². The Kier molecular flexibility index (Phi) is 3.19. The lowest BCUT2D eigenvalue weighted by atomic mass is 9.89. The summed E-state index contributed by atoms with van der Waals surface area (Å²) >= 11 is 1.92. The van der Waals surface area contributed by atoms with Crippen LogP contribution in [0.2, 0.25) is 0 Å². The Morgan fingerprint density at radius 1 is 0.640 bits per heavy atom. The molecular weight excluding hydrogens is 320 g/mol. The second-order valence-corrected chi connectivity index (χ2v) is 7.72. The predicted molar refractivity (Wildman–Crippen MR) is 112 cm³/mol. The molecule has 0 aliphatic heterocycles. The van der Waals surface area contributed by atoms with Crippen molar-refractivity contribution in [3.63, 3.8) is 0 Å². The normalized spacial score (nSPS) is 11.6. The first-order valence-electron chi connectivity index (χ1n) is 8.64. The van der Waals surface area contributed by atoms with E-state index in [1.807, 2.05) is 11.3 Å². The largest absolute Gasteiger partial charge is 0.135 e. The molecule has 1 aromatic heterocycles. The Hall–Kier alpha value is -2.64. The number of hydrogen-bond acceptors (Lipinski definition) is 1. The van der Waals surface area contributed by atoms with E-state index in [0.717, 1.165) is 0 Å². The Morgan fingerprint density at radius 2 is 1.28 bits per heavy atom. The van der Waals surface area contributed by atoms with E-state index in [4.69, 9.17) is 0 Å². The molecular formula is C24H18S. The molecule has 0 N–H and O–H groups in total. The van der Waals surface area contributed by atoms with Gasteiger partial charge >= 0.3 is 0 Å². The summed E-state index contributed by atoms with van der Waals surface area (Å²) in [7, 11) is 0. The van der Waals surface area contributed by atoms with Crippen molar-refractivity contribution in [3.8, 4) is 11.1 Å². The van der Waals surface area contributed by atoms with E-state index >= 15 is 0 Å². The molecule has 0 aliphatic rings. The predicted octanol–water partition coefficient (Wildman–Crippen LogP) is 7.49. The lowest BCUT2D eigenvalue weighted by Crippen LogP contribution is -1.90. The molecule has 0 nitrogen and oxygen atoms in total. The number of aryl methyl sites for hydroxylation is 2. The molecule has 5 rings (SSSR count). The SMILES string of the molecule is Cc1ccccc1-c1c(C)c2sc3ccccc3c2c2ccccc12. The molecule has 0 spiro atoms. The van der Waals surface area contributed by atoms with Crippen molar-refractivity contribution in [1.29, 1.82) is 0 Å². The third kappa shape index (κ3) is 2.06.